The van der Waals surface area contributed by atoms with Crippen molar-refractivity contribution in [3.8, 4) is 0 Å². The molecule has 0 spiro atoms. The van der Waals surface area contributed by atoms with Gasteiger partial charge in [0.25, 0.3) is 0 Å². The van der Waals surface area contributed by atoms with Crippen molar-refractivity contribution in [2.24, 2.45) is 0 Å². The summed E-state index contributed by atoms with van der Waals surface area (Å²) in [5.74, 6) is 0.993. The maximum atomic E-state index is 10.7. The number of nitrogens with zero attached hydrogens (tertiary/aromatic N) is 3. The fourth-order valence-corrected chi connectivity index (χ4v) is 2.71. The quantitative estimate of drug-likeness (QED) is 0.926. The van der Waals surface area contributed by atoms with Gasteiger partial charge in [0.1, 0.15) is 5.82 Å². The molecular formula is C16H19N3O. The van der Waals surface area contributed by atoms with Crippen LogP contribution in [0.2, 0.25) is 0 Å². The Morgan fingerprint density at radius 3 is 2.30 bits per heavy atom. The molecule has 104 valence electrons. The summed E-state index contributed by atoms with van der Waals surface area (Å²) < 4.78 is 0. The molecule has 3 rings (SSSR count). The molecule has 20 heavy (non-hydrogen) atoms. The summed E-state index contributed by atoms with van der Waals surface area (Å²) in [5, 5.41) is 10.7. The van der Waals surface area contributed by atoms with Crippen LogP contribution in [0.15, 0.2) is 48.8 Å². The maximum Gasteiger partial charge on any atom is 0.128 e. The fourth-order valence-electron chi connectivity index (χ4n) is 2.71. The predicted molar refractivity (Wildman–Crippen MR) is 78.6 cm³/mol. The lowest BCUT2D eigenvalue weighted by Gasteiger charge is -2.38. The third-order valence-corrected chi connectivity index (χ3v) is 3.90. The van der Waals surface area contributed by atoms with Crippen molar-refractivity contribution in [1.82, 2.24) is 9.97 Å². The van der Waals surface area contributed by atoms with Gasteiger partial charge in [0.15, 0.2) is 0 Å². The number of rotatable bonds is 3. The van der Waals surface area contributed by atoms with Gasteiger partial charge in [-0.2, -0.15) is 0 Å². The summed E-state index contributed by atoms with van der Waals surface area (Å²) in [7, 11) is 0. The minimum Gasteiger partial charge on any atom is -0.389 e. The first kappa shape index (κ1) is 13.1. The summed E-state index contributed by atoms with van der Waals surface area (Å²) in [6, 6.07) is 11.8. The van der Waals surface area contributed by atoms with Crippen LogP contribution in [0.25, 0.3) is 0 Å². The van der Waals surface area contributed by atoms with Gasteiger partial charge in [-0.1, -0.05) is 12.1 Å². The second-order valence-electron chi connectivity index (χ2n) is 5.40. The SMILES string of the molecule is OC1(Cc2ccccn2)CCN(c2ccccn2)CC1. The highest BCUT2D eigenvalue weighted by Gasteiger charge is 2.33. The zero-order chi connectivity index (χ0) is 13.8. The molecule has 3 heterocycles. The van der Waals surface area contributed by atoms with Crippen molar-refractivity contribution in [2.45, 2.75) is 24.9 Å². The van der Waals surface area contributed by atoms with Crippen molar-refractivity contribution in [1.29, 1.82) is 0 Å². The van der Waals surface area contributed by atoms with Crippen LogP contribution in [0.5, 0.6) is 0 Å². The first-order chi connectivity index (χ1) is 9.75. The number of pyridine rings is 2. The van der Waals surface area contributed by atoms with Crippen LogP contribution in [-0.2, 0) is 6.42 Å². The van der Waals surface area contributed by atoms with E-state index in [4.69, 9.17) is 0 Å². The summed E-state index contributed by atoms with van der Waals surface area (Å²) in [4.78, 5) is 10.9. The highest BCUT2D eigenvalue weighted by molar-refractivity contribution is 5.38. The Kier molecular flexibility index (Phi) is 3.65. The van der Waals surface area contributed by atoms with Crippen molar-refractivity contribution < 1.29 is 5.11 Å². The lowest BCUT2D eigenvalue weighted by atomic mass is 9.87. The highest BCUT2D eigenvalue weighted by Crippen LogP contribution is 2.27. The Hall–Kier alpha value is -1.94. The summed E-state index contributed by atoms with van der Waals surface area (Å²) in [6.45, 7) is 1.67. The molecule has 0 saturated carbocycles. The van der Waals surface area contributed by atoms with E-state index in [2.05, 4.69) is 14.9 Å². The molecule has 0 amide bonds. The molecule has 1 fully saturated rings. The molecule has 1 aliphatic rings. The molecule has 2 aromatic heterocycles. The van der Waals surface area contributed by atoms with Gasteiger partial charge in [-0.3, -0.25) is 4.98 Å². The van der Waals surface area contributed by atoms with Crippen LogP contribution in [0.3, 0.4) is 0 Å². The Labute approximate surface area is 119 Å². The first-order valence-electron chi connectivity index (χ1n) is 7.03. The molecule has 4 nitrogen and oxygen atoms in total. The van der Waals surface area contributed by atoms with E-state index in [1.807, 2.05) is 42.6 Å². The zero-order valence-electron chi connectivity index (χ0n) is 11.4. The van der Waals surface area contributed by atoms with Crippen LogP contribution in [0.4, 0.5) is 5.82 Å². The van der Waals surface area contributed by atoms with E-state index in [1.54, 1.807) is 6.20 Å². The van der Waals surface area contributed by atoms with Crippen LogP contribution < -0.4 is 4.90 Å². The van der Waals surface area contributed by atoms with Crippen molar-refractivity contribution >= 4 is 5.82 Å². The molecule has 0 aliphatic carbocycles. The van der Waals surface area contributed by atoms with Crippen LogP contribution >= 0.6 is 0 Å². The minimum absolute atomic E-state index is 0.629. The number of aliphatic hydroxyl groups is 1. The predicted octanol–water partition coefficient (Wildman–Crippen LogP) is 2.05. The number of hydrogen-bond acceptors (Lipinski definition) is 4. The Morgan fingerprint density at radius 1 is 1.00 bits per heavy atom. The van der Waals surface area contributed by atoms with Gasteiger partial charge >= 0.3 is 0 Å². The molecule has 0 aromatic carbocycles. The van der Waals surface area contributed by atoms with Gasteiger partial charge in [-0.15, -0.1) is 0 Å². The Morgan fingerprint density at radius 2 is 1.70 bits per heavy atom. The third-order valence-electron chi connectivity index (χ3n) is 3.90. The monoisotopic (exact) mass is 269 g/mol. The van der Waals surface area contributed by atoms with E-state index in [9.17, 15) is 5.11 Å². The zero-order valence-corrected chi connectivity index (χ0v) is 11.4. The van der Waals surface area contributed by atoms with Gasteiger partial charge < -0.3 is 10.0 Å². The molecule has 1 aliphatic heterocycles. The molecule has 0 unspecified atom stereocenters. The van der Waals surface area contributed by atoms with E-state index >= 15 is 0 Å². The molecule has 0 radical (unpaired) electrons. The van der Waals surface area contributed by atoms with E-state index in [0.29, 0.717) is 6.42 Å². The molecule has 1 N–H and O–H groups in total. The van der Waals surface area contributed by atoms with Crippen molar-refractivity contribution in [3.05, 3.63) is 54.5 Å². The molecule has 0 bridgehead atoms. The van der Waals surface area contributed by atoms with Gasteiger partial charge in [-0.25, -0.2) is 4.98 Å². The van der Waals surface area contributed by atoms with E-state index in [-0.39, 0.29) is 0 Å². The molecule has 4 heteroatoms. The molecule has 0 atom stereocenters. The van der Waals surface area contributed by atoms with Gasteiger partial charge in [-0.05, 0) is 37.1 Å². The number of anilines is 1. The molecule has 2 aromatic rings. The average Bonchev–Trinajstić information content (AvgIpc) is 2.50. The standard InChI is InChI=1S/C16H19N3O/c20-16(13-14-5-1-3-9-17-14)7-11-19(12-8-16)15-6-2-4-10-18-15/h1-6,9-10,20H,7-8,11-13H2. The first-order valence-corrected chi connectivity index (χ1v) is 7.03. The van der Waals surface area contributed by atoms with Crippen LogP contribution in [0, 0.1) is 0 Å². The Bertz CT molecular complexity index is 536. The Balaban J connectivity index is 1.63. The second kappa shape index (κ2) is 5.59. The van der Waals surface area contributed by atoms with Gasteiger partial charge in [0.05, 0.1) is 5.60 Å². The van der Waals surface area contributed by atoms with Crippen molar-refractivity contribution in [3.63, 3.8) is 0 Å². The number of aromatic nitrogens is 2. The minimum atomic E-state index is -0.639. The van der Waals surface area contributed by atoms with E-state index in [1.165, 1.54) is 0 Å². The summed E-state index contributed by atoms with van der Waals surface area (Å²) >= 11 is 0. The second-order valence-corrected chi connectivity index (χ2v) is 5.40. The van der Waals surface area contributed by atoms with Crippen molar-refractivity contribution in [2.75, 3.05) is 18.0 Å². The smallest absolute Gasteiger partial charge is 0.128 e. The van der Waals surface area contributed by atoms with Gasteiger partial charge in [0.2, 0.25) is 0 Å². The topological polar surface area (TPSA) is 49.3 Å². The number of hydrogen-bond donors (Lipinski definition) is 1. The summed E-state index contributed by atoms with van der Waals surface area (Å²) in [5.41, 5.74) is 0.320. The van der Waals surface area contributed by atoms with Crippen LogP contribution in [-0.4, -0.2) is 33.8 Å². The highest BCUT2D eigenvalue weighted by atomic mass is 16.3. The largest absolute Gasteiger partial charge is 0.389 e. The maximum absolute atomic E-state index is 10.7. The third kappa shape index (κ3) is 2.96. The van der Waals surface area contributed by atoms with Crippen LogP contribution in [0.1, 0.15) is 18.5 Å². The van der Waals surface area contributed by atoms with Gasteiger partial charge in [0, 0.05) is 37.6 Å². The molecular weight excluding hydrogens is 250 g/mol. The fraction of sp³-hybridized carbons (Fsp3) is 0.375. The van der Waals surface area contributed by atoms with E-state index < -0.39 is 5.60 Å². The average molecular weight is 269 g/mol. The normalized spacial score (nSPS) is 17.9. The van der Waals surface area contributed by atoms with E-state index in [0.717, 1.165) is 37.4 Å². The molecule has 1 saturated heterocycles. The summed E-state index contributed by atoms with van der Waals surface area (Å²) in [6.07, 6.45) is 5.72. The lowest BCUT2D eigenvalue weighted by molar-refractivity contribution is 0.0156. The lowest BCUT2D eigenvalue weighted by Crippen LogP contribution is -2.46. The number of piperidine rings is 1.